The van der Waals surface area contributed by atoms with Crippen LogP contribution in [0.2, 0.25) is 0 Å². The fraction of sp³-hybridized carbons (Fsp3) is 0.353. The van der Waals surface area contributed by atoms with Crippen molar-refractivity contribution in [3.8, 4) is 0 Å². The molecule has 1 aromatic carbocycles. The van der Waals surface area contributed by atoms with Crippen LogP contribution in [0.1, 0.15) is 18.9 Å². The van der Waals surface area contributed by atoms with Gasteiger partial charge in [0.2, 0.25) is 5.91 Å². The molecule has 0 bridgehead atoms. The molecule has 2 N–H and O–H groups in total. The van der Waals surface area contributed by atoms with Gasteiger partial charge in [-0.3, -0.25) is 9.59 Å². The molecule has 134 valence electrons. The van der Waals surface area contributed by atoms with Gasteiger partial charge in [0.25, 0.3) is 0 Å². The van der Waals surface area contributed by atoms with E-state index < -0.39 is 5.63 Å². The van der Waals surface area contributed by atoms with Crippen molar-refractivity contribution in [3.05, 3.63) is 34.2 Å². The summed E-state index contributed by atoms with van der Waals surface area (Å²) in [7, 11) is 0. The molecule has 0 unspecified atom stereocenters. The summed E-state index contributed by atoms with van der Waals surface area (Å²) >= 11 is 5.15. The molecule has 0 saturated carbocycles. The predicted octanol–water partition coefficient (Wildman–Crippen LogP) is 2.62. The molecule has 0 aliphatic rings. The van der Waals surface area contributed by atoms with Crippen LogP contribution < -0.4 is 16.3 Å². The first-order valence-electron chi connectivity index (χ1n) is 7.72. The standard InChI is InChI=1S/C17H20N2O4S2/c1-10-13-4-3-12(18)9-14(13)23-17(22)16(10)19(11(2)20)6-8-25-15(21)5-7-24/h3-4,9,24H,5-8,18H2,1-2H3. The van der Waals surface area contributed by atoms with E-state index in [1.807, 2.05) is 0 Å². The fourth-order valence-corrected chi connectivity index (χ4v) is 3.62. The first-order chi connectivity index (χ1) is 11.8. The molecule has 1 amide bonds. The Kier molecular flexibility index (Phi) is 6.55. The number of carbonyl (C=O) groups is 2. The van der Waals surface area contributed by atoms with Gasteiger partial charge in [0.1, 0.15) is 11.3 Å². The van der Waals surface area contributed by atoms with Crippen molar-refractivity contribution in [3.63, 3.8) is 0 Å². The molecule has 0 aliphatic heterocycles. The molecule has 2 aromatic rings. The number of rotatable bonds is 6. The molecule has 0 saturated heterocycles. The molecule has 1 aromatic heterocycles. The number of aryl methyl sites for hydroxylation is 1. The van der Waals surface area contributed by atoms with Crippen molar-refractivity contribution in [2.24, 2.45) is 0 Å². The molecule has 0 radical (unpaired) electrons. The average Bonchev–Trinajstić information content (AvgIpc) is 2.53. The van der Waals surface area contributed by atoms with Crippen LogP contribution in [0, 0.1) is 6.92 Å². The average molecular weight is 380 g/mol. The number of anilines is 2. The van der Waals surface area contributed by atoms with Crippen LogP contribution >= 0.6 is 24.4 Å². The second-order valence-corrected chi connectivity index (χ2v) is 7.08. The minimum Gasteiger partial charge on any atom is -0.421 e. The van der Waals surface area contributed by atoms with E-state index in [0.29, 0.717) is 40.1 Å². The summed E-state index contributed by atoms with van der Waals surface area (Å²) in [5.74, 6) is 0.594. The van der Waals surface area contributed by atoms with Gasteiger partial charge in [0.05, 0.1) is 0 Å². The van der Waals surface area contributed by atoms with Gasteiger partial charge < -0.3 is 15.1 Å². The quantitative estimate of drug-likeness (QED) is 0.455. The van der Waals surface area contributed by atoms with Gasteiger partial charge in [0, 0.05) is 42.8 Å². The molecule has 6 nitrogen and oxygen atoms in total. The summed E-state index contributed by atoms with van der Waals surface area (Å²) < 4.78 is 5.34. The zero-order valence-corrected chi connectivity index (χ0v) is 15.8. The van der Waals surface area contributed by atoms with Crippen LogP contribution in [0.25, 0.3) is 11.0 Å². The van der Waals surface area contributed by atoms with Crippen molar-refractivity contribution < 1.29 is 14.0 Å². The molecular formula is C17H20N2O4S2. The molecular weight excluding hydrogens is 360 g/mol. The largest absolute Gasteiger partial charge is 0.421 e. The number of fused-ring (bicyclic) bond motifs is 1. The van der Waals surface area contributed by atoms with Crippen molar-refractivity contribution >= 4 is 57.8 Å². The third-order valence-electron chi connectivity index (χ3n) is 3.70. The van der Waals surface area contributed by atoms with Crippen molar-refractivity contribution in [1.29, 1.82) is 0 Å². The molecule has 0 fully saturated rings. The number of thioether (sulfide) groups is 1. The Bertz CT molecular complexity index is 864. The Morgan fingerprint density at radius 2 is 2.08 bits per heavy atom. The maximum atomic E-state index is 12.4. The second kappa shape index (κ2) is 8.44. The maximum absolute atomic E-state index is 12.4. The smallest absolute Gasteiger partial charge is 0.360 e. The monoisotopic (exact) mass is 380 g/mol. The Morgan fingerprint density at radius 1 is 1.36 bits per heavy atom. The summed E-state index contributed by atoms with van der Waals surface area (Å²) in [4.78, 5) is 37.4. The van der Waals surface area contributed by atoms with E-state index in [0.717, 1.165) is 11.8 Å². The van der Waals surface area contributed by atoms with Crippen LogP contribution in [-0.4, -0.2) is 29.1 Å². The van der Waals surface area contributed by atoms with E-state index in [1.165, 1.54) is 11.8 Å². The zero-order valence-electron chi connectivity index (χ0n) is 14.1. The molecule has 0 aliphatic carbocycles. The van der Waals surface area contributed by atoms with Gasteiger partial charge >= 0.3 is 5.63 Å². The number of nitrogens with two attached hydrogens (primary N) is 1. The SMILES string of the molecule is CC(=O)N(CCSC(=O)CCS)c1c(C)c2ccc(N)cc2oc1=O. The molecule has 0 spiro atoms. The van der Waals surface area contributed by atoms with Gasteiger partial charge in [-0.05, 0) is 30.4 Å². The highest BCUT2D eigenvalue weighted by molar-refractivity contribution is 8.13. The van der Waals surface area contributed by atoms with Gasteiger partial charge in [0.15, 0.2) is 5.12 Å². The minimum atomic E-state index is -0.600. The zero-order chi connectivity index (χ0) is 18.6. The first-order valence-corrected chi connectivity index (χ1v) is 9.34. The van der Waals surface area contributed by atoms with Gasteiger partial charge in [-0.1, -0.05) is 11.8 Å². The van der Waals surface area contributed by atoms with Crippen LogP contribution in [0.5, 0.6) is 0 Å². The number of hydrogen-bond donors (Lipinski definition) is 2. The highest BCUT2D eigenvalue weighted by Crippen LogP contribution is 2.26. The number of benzene rings is 1. The van der Waals surface area contributed by atoms with E-state index in [2.05, 4.69) is 12.6 Å². The first kappa shape index (κ1) is 19.4. The molecule has 8 heteroatoms. The predicted molar refractivity (Wildman–Crippen MR) is 106 cm³/mol. The van der Waals surface area contributed by atoms with Gasteiger partial charge in [-0.15, -0.1) is 0 Å². The number of carbonyl (C=O) groups excluding carboxylic acids is 2. The van der Waals surface area contributed by atoms with Gasteiger partial charge in [-0.25, -0.2) is 4.79 Å². The van der Waals surface area contributed by atoms with E-state index in [9.17, 15) is 14.4 Å². The summed E-state index contributed by atoms with van der Waals surface area (Å²) in [6.45, 7) is 3.39. The van der Waals surface area contributed by atoms with Crippen LogP contribution in [-0.2, 0) is 9.59 Å². The topological polar surface area (TPSA) is 93.6 Å². The van der Waals surface area contributed by atoms with E-state index in [1.54, 1.807) is 25.1 Å². The lowest BCUT2D eigenvalue weighted by Crippen LogP contribution is -2.35. The van der Waals surface area contributed by atoms with Crippen molar-refractivity contribution in [2.75, 3.05) is 28.7 Å². The highest BCUT2D eigenvalue weighted by atomic mass is 32.2. The number of thiol groups is 1. The lowest BCUT2D eigenvalue weighted by Gasteiger charge is -2.22. The lowest BCUT2D eigenvalue weighted by atomic mass is 10.1. The van der Waals surface area contributed by atoms with Crippen molar-refractivity contribution in [1.82, 2.24) is 0 Å². The molecule has 1 heterocycles. The lowest BCUT2D eigenvalue weighted by molar-refractivity contribution is -0.116. The summed E-state index contributed by atoms with van der Waals surface area (Å²) in [5.41, 5.74) is 6.84. The highest BCUT2D eigenvalue weighted by Gasteiger charge is 2.21. The van der Waals surface area contributed by atoms with Crippen LogP contribution in [0.3, 0.4) is 0 Å². The summed E-state index contributed by atoms with van der Waals surface area (Å²) in [5, 5.41) is 0.727. The van der Waals surface area contributed by atoms with Crippen molar-refractivity contribution in [2.45, 2.75) is 20.3 Å². The third kappa shape index (κ3) is 4.58. The third-order valence-corrected chi connectivity index (χ3v) is 4.84. The maximum Gasteiger partial charge on any atom is 0.360 e. The van der Waals surface area contributed by atoms with E-state index in [4.69, 9.17) is 10.2 Å². The number of hydrogen-bond acceptors (Lipinski definition) is 7. The van der Waals surface area contributed by atoms with Crippen LogP contribution in [0.15, 0.2) is 27.4 Å². The summed E-state index contributed by atoms with van der Waals surface area (Å²) in [6, 6.07) is 5.05. The second-order valence-electron chi connectivity index (χ2n) is 5.48. The van der Waals surface area contributed by atoms with Crippen LogP contribution in [0.4, 0.5) is 11.4 Å². The molecule has 0 atom stereocenters. The summed E-state index contributed by atoms with van der Waals surface area (Å²) in [6.07, 6.45) is 0.367. The Balaban J connectivity index is 2.35. The number of nitrogens with zero attached hydrogens (tertiary/aromatic N) is 1. The van der Waals surface area contributed by atoms with Gasteiger partial charge in [-0.2, -0.15) is 12.6 Å². The normalized spacial score (nSPS) is 10.8. The Morgan fingerprint density at radius 3 is 2.72 bits per heavy atom. The fourth-order valence-electron chi connectivity index (χ4n) is 2.52. The Hall–Kier alpha value is -1.93. The number of nitrogen functional groups attached to an aromatic ring is 1. The van der Waals surface area contributed by atoms with E-state index in [-0.39, 0.29) is 23.3 Å². The van der Waals surface area contributed by atoms with E-state index >= 15 is 0 Å². The Labute approximate surface area is 155 Å². The number of amides is 1. The minimum absolute atomic E-state index is 0.0104. The molecule has 25 heavy (non-hydrogen) atoms. The molecule has 2 rings (SSSR count).